The topological polar surface area (TPSA) is 0 Å². The van der Waals surface area contributed by atoms with Crippen molar-refractivity contribution in [2.24, 2.45) is 5.41 Å². The second-order valence-corrected chi connectivity index (χ2v) is 3.02. The zero-order valence-corrected chi connectivity index (χ0v) is 8.02. The van der Waals surface area contributed by atoms with Crippen molar-refractivity contribution in [3.05, 3.63) is 24.8 Å². The highest BCUT2D eigenvalue weighted by Gasteiger charge is 2.05. The summed E-state index contributed by atoms with van der Waals surface area (Å²) in [6, 6.07) is 0. The molecule has 64 valence electrons. The van der Waals surface area contributed by atoms with E-state index in [4.69, 9.17) is 6.42 Å². The van der Waals surface area contributed by atoms with Gasteiger partial charge >= 0.3 is 0 Å². The van der Waals surface area contributed by atoms with Crippen LogP contribution in [0.25, 0.3) is 0 Å². The Morgan fingerprint density at radius 2 is 1.92 bits per heavy atom. The second-order valence-electron chi connectivity index (χ2n) is 3.02. The van der Waals surface area contributed by atoms with E-state index >= 15 is 0 Å². The summed E-state index contributed by atoms with van der Waals surface area (Å²) in [5.41, 5.74) is -0.0196. The smallest absolute Gasteiger partial charge is 0.00111 e. The van der Waals surface area contributed by atoms with Crippen molar-refractivity contribution in [2.45, 2.75) is 13.8 Å². The van der Waals surface area contributed by atoms with Gasteiger partial charge in [-0.15, -0.1) is 13.0 Å². The largest absolute Gasteiger partial charge is 0.106 e. The van der Waals surface area contributed by atoms with Gasteiger partial charge in [-0.05, 0) is 29.8 Å². The highest BCUT2D eigenvalue weighted by Crippen LogP contribution is 2.16. The van der Waals surface area contributed by atoms with Gasteiger partial charge in [0.15, 0.2) is 0 Å². The molecule has 0 aliphatic heterocycles. The molecule has 13 heavy (non-hydrogen) atoms. The molecule has 0 fully saturated rings. The molecule has 0 aromatic rings. The van der Waals surface area contributed by atoms with Crippen LogP contribution in [-0.2, 0) is 0 Å². The number of hydrogen-bond acceptors (Lipinski definition) is 0. The first kappa shape index (κ1) is 11.2. The molecule has 0 amide bonds. The van der Waals surface area contributed by atoms with Crippen LogP contribution in [0.5, 0.6) is 0 Å². The molecule has 0 heterocycles. The van der Waals surface area contributed by atoms with Gasteiger partial charge < -0.3 is 0 Å². The molecule has 0 aliphatic rings. The Hall–Kier alpha value is -1.84. The molecule has 0 nitrogen and oxygen atoms in total. The van der Waals surface area contributed by atoms with Gasteiger partial charge in [0, 0.05) is 5.41 Å². The van der Waals surface area contributed by atoms with Crippen molar-refractivity contribution in [1.82, 2.24) is 0 Å². The molecule has 0 bridgehead atoms. The third kappa shape index (κ3) is 6.55. The minimum atomic E-state index is -0.0196. The predicted molar refractivity (Wildman–Crippen MR) is 57.5 cm³/mol. The van der Waals surface area contributed by atoms with Gasteiger partial charge in [-0.3, -0.25) is 0 Å². The summed E-state index contributed by atoms with van der Waals surface area (Å²) in [6.07, 6.45) is 10.5. The summed E-state index contributed by atoms with van der Waals surface area (Å²) < 4.78 is 0. The van der Waals surface area contributed by atoms with Crippen LogP contribution < -0.4 is 0 Å². The maximum absolute atomic E-state index is 4.91. The number of allylic oxidation sites excluding steroid dienone is 3. The van der Waals surface area contributed by atoms with Gasteiger partial charge in [0.1, 0.15) is 0 Å². The molecule has 0 aromatic heterocycles. The lowest BCUT2D eigenvalue weighted by molar-refractivity contribution is 0.628. The van der Waals surface area contributed by atoms with Gasteiger partial charge in [0.25, 0.3) is 0 Å². The summed E-state index contributed by atoms with van der Waals surface area (Å²) >= 11 is 0. The van der Waals surface area contributed by atoms with Crippen LogP contribution in [0.4, 0.5) is 0 Å². The van der Waals surface area contributed by atoms with Gasteiger partial charge in [-0.2, -0.15) is 0 Å². The van der Waals surface area contributed by atoms with Gasteiger partial charge in [0.05, 0.1) is 0 Å². The Balaban J connectivity index is 4.23. The van der Waals surface area contributed by atoms with E-state index in [9.17, 15) is 0 Å². The summed E-state index contributed by atoms with van der Waals surface area (Å²) in [6.45, 7) is 7.80. The fourth-order valence-electron chi connectivity index (χ4n) is 0.470. The molecule has 0 rings (SSSR count). The van der Waals surface area contributed by atoms with Crippen LogP contribution in [0.15, 0.2) is 24.8 Å². The monoisotopic (exact) mass is 168 g/mol. The fourth-order valence-corrected chi connectivity index (χ4v) is 0.470. The molecule has 0 radical (unpaired) electrons. The first-order valence-electron chi connectivity index (χ1n) is 3.90. The Kier molecular flexibility index (Phi) is 4.95. The van der Waals surface area contributed by atoms with E-state index in [-0.39, 0.29) is 5.41 Å². The van der Waals surface area contributed by atoms with Gasteiger partial charge in [-0.25, -0.2) is 0 Å². The maximum Gasteiger partial charge on any atom is 0.00111 e. The van der Waals surface area contributed by atoms with Crippen LogP contribution in [0.1, 0.15) is 13.8 Å². The van der Waals surface area contributed by atoms with Crippen molar-refractivity contribution in [2.75, 3.05) is 0 Å². The molecule has 0 saturated heterocycles. The standard InChI is InChI=1S/C13H12/c1-5-7-8-9-10-11-12-13(3,4)6-2/h1,6,11-12H,2H2,3-4H3/b12-11+. The molecule has 0 spiro atoms. The van der Waals surface area contributed by atoms with E-state index in [2.05, 4.69) is 36.2 Å². The Morgan fingerprint density at radius 1 is 1.23 bits per heavy atom. The molecular weight excluding hydrogens is 156 g/mol. The third-order valence-electron chi connectivity index (χ3n) is 1.39. The van der Waals surface area contributed by atoms with Crippen molar-refractivity contribution < 1.29 is 0 Å². The zero-order valence-electron chi connectivity index (χ0n) is 8.02. The van der Waals surface area contributed by atoms with E-state index < -0.39 is 0 Å². The number of hydrogen-bond donors (Lipinski definition) is 0. The Morgan fingerprint density at radius 3 is 2.46 bits per heavy atom. The zero-order chi connectivity index (χ0) is 10.2. The maximum atomic E-state index is 4.91. The van der Waals surface area contributed by atoms with Crippen molar-refractivity contribution in [3.63, 3.8) is 0 Å². The van der Waals surface area contributed by atoms with E-state index in [0.717, 1.165) is 0 Å². The SMILES string of the molecule is C#CC#CC#C/C=C/C(C)(C)C=C. The van der Waals surface area contributed by atoms with Gasteiger partial charge in [0.2, 0.25) is 0 Å². The summed E-state index contributed by atoms with van der Waals surface area (Å²) in [4.78, 5) is 0. The van der Waals surface area contributed by atoms with Crippen LogP contribution >= 0.6 is 0 Å². The van der Waals surface area contributed by atoms with Gasteiger partial charge in [-0.1, -0.05) is 31.9 Å². The van der Waals surface area contributed by atoms with Crippen LogP contribution in [-0.4, -0.2) is 0 Å². The Labute approximate surface area is 80.7 Å². The highest BCUT2D eigenvalue weighted by atomic mass is 14.1. The van der Waals surface area contributed by atoms with E-state index in [1.54, 1.807) is 6.08 Å². The lowest BCUT2D eigenvalue weighted by Crippen LogP contribution is -2.00. The van der Waals surface area contributed by atoms with Crippen LogP contribution in [0.3, 0.4) is 0 Å². The summed E-state index contributed by atoms with van der Waals surface area (Å²) in [5, 5.41) is 0. The molecule has 0 aliphatic carbocycles. The number of terminal acetylenes is 1. The van der Waals surface area contributed by atoms with E-state index in [1.165, 1.54) is 0 Å². The lowest BCUT2D eigenvalue weighted by atomic mass is 9.93. The average molecular weight is 168 g/mol. The van der Waals surface area contributed by atoms with Crippen molar-refractivity contribution in [3.8, 4) is 36.0 Å². The average Bonchev–Trinajstić information content (AvgIpc) is 2.11. The van der Waals surface area contributed by atoms with Crippen LogP contribution in [0, 0.1) is 41.4 Å². The van der Waals surface area contributed by atoms with Crippen LogP contribution in [0.2, 0.25) is 0 Å². The molecule has 0 N–H and O–H groups in total. The summed E-state index contributed by atoms with van der Waals surface area (Å²) in [5.74, 6) is 12.5. The predicted octanol–water partition coefficient (Wildman–Crippen LogP) is 2.39. The molecule has 0 saturated carbocycles. The minimum Gasteiger partial charge on any atom is -0.106 e. The lowest BCUT2D eigenvalue weighted by Gasteiger charge is -2.11. The van der Waals surface area contributed by atoms with Crippen molar-refractivity contribution in [1.29, 1.82) is 0 Å². The normalized spacial score (nSPS) is 9.00. The second kappa shape index (κ2) is 5.77. The molecule has 0 heteroatoms. The quantitative estimate of drug-likeness (QED) is 0.438. The fraction of sp³-hybridized carbons (Fsp3) is 0.231. The summed E-state index contributed by atoms with van der Waals surface area (Å²) in [7, 11) is 0. The third-order valence-corrected chi connectivity index (χ3v) is 1.39. The highest BCUT2D eigenvalue weighted by molar-refractivity contribution is 5.36. The number of rotatable bonds is 2. The van der Waals surface area contributed by atoms with E-state index in [0.29, 0.717) is 0 Å². The molecule has 0 atom stereocenters. The van der Waals surface area contributed by atoms with Crippen molar-refractivity contribution >= 4 is 0 Å². The Bertz CT molecular complexity index is 351. The molecule has 0 aromatic carbocycles. The molecular formula is C13H12. The first-order valence-corrected chi connectivity index (χ1v) is 3.90. The molecule has 0 unspecified atom stereocenters. The first-order chi connectivity index (χ1) is 6.12. The minimum absolute atomic E-state index is 0.0196. The van der Waals surface area contributed by atoms with E-state index in [1.807, 2.05) is 26.0 Å².